The molecule has 0 aromatic heterocycles. The fraction of sp³-hybridized carbons (Fsp3) is 0.722. The van der Waals surface area contributed by atoms with Crippen molar-refractivity contribution < 1.29 is 9.53 Å². The zero-order chi connectivity index (χ0) is 16.5. The molecule has 0 N–H and O–H groups in total. The van der Waals surface area contributed by atoms with E-state index in [1.54, 1.807) is 13.0 Å². The minimum atomic E-state index is -0.268. The standard InChI is InChI=1S/C18H33NO2/c1-8-16(4)10-9-13-21-14-18(6,7)19(17(5)20)12-11-15(2)3/h8,15H,1,4,9-14H2,2-3,5-7H3. The molecule has 0 spiro atoms. The number of amides is 1. The molecule has 3 heteroatoms. The van der Waals surface area contributed by atoms with Gasteiger partial charge in [-0.2, -0.15) is 0 Å². The van der Waals surface area contributed by atoms with E-state index >= 15 is 0 Å². The van der Waals surface area contributed by atoms with Gasteiger partial charge in [-0.1, -0.05) is 38.7 Å². The number of nitrogens with zero attached hydrogens (tertiary/aromatic N) is 1. The van der Waals surface area contributed by atoms with Crippen LogP contribution in [0.2, 0.25) is 0 Å². The minimum Gasteiger partial charge on any atom is -0.379 e. The van der Waals surface area contributed by atoms with Gasteiger partial charge in [-0.15, -0.1) is 0 Å². The summed E-state index contributed by atoms with van der Waals surface area (Å²) in [5.41, 5.74) is 0.774. The summed E-state index contributed by atoms with van der Waals surface area (Å²) in [6, 6.07) is 0. The number of ether oxygens (including phenoxy) is 1. The number of hydrogen-bond donors (Lipinski definition) is 0. The number of carbonyl (C=O) groups excluding carboxylic acids is 1. The smallest absolute Gasteiger partial charge is 0.219 e. The molecule has 0 aliphatic carbocycles. The zero-order valence-corrected chi connectivity index (χ0v) is 14.6. The van der Waals surface area contributed by atoms with Gasteiger partial charge >= 0.3 is 0 Å². The van der Waals surface area contributed by atoms with Crippen LogP contribution in [0.1, 0.15) is 53.9 Å². The van der Waals surface area contributed by atoms with Crippen LogP contribution in [0.5, 0.6) is 0 Å². The Morgan fingerprint density at radius 2 is 2.00 bits per heavy atom. The Hall–Kier alpha value is -1.09. The summed E-state index contributed by atoms with van der Waals surface area (Å²) in [4.78, 5) is 13.8. The SMILES string of the molecule is C=CC(=C)CCCOCC(C)(C)N(CCC(C)C)C(C)=O. The first-order valence-electron chi connectivity index (χ1n) is 7.87. The molecule has 122 valence electrons. The topological polar surface area (TPSA) is 29.5 Å². The van der Waals surface area contributed by atoms with Crippen LogP contribution < -0.4 is 0 Å². The maximum Gasteiger partial charge on any atom is 0.219 e. The summed E-state index contributed by atoms with van der Waals surface area (Å²) in [5.74, 6) is 0.706. The third-order valence-electron chi connectivity index (χ3n) is 3.57. The maximum atomic E-state index is 11.9. The maximum absolute atomic E-state index is 11.9. The van der Waals surface area contributed by atoms with Crippen molar-refractivity contribution in [2.24, 2.45) is 5.92 Å². The average molecular weight is 295 g/mol. The van der Waals surface area contributed by atoms with E-state index in [4.69, 9.17) is 4.74 Å². The third kappa shape index (κ3) is 8.71. The Kier molecular flexibility index (Phi) is 9.27. The monoisotopic (exact) mass is 295 g/mol. The normalized spacial score (nSPS) is 11.5. The Bertz CT molecular complexity index is 345. The molecule has 0 radical (unpaired) electrons. The van der Waals surface area contributed by atoms with E-state index in [0.717, 1.165) is 31.4 Å². The van der Waals surface area contributed by atoms with Crippen LogP contribution in [0.25, 0.3) is 0 Å². The van der Waals surface area contributed by atoms with E-state index in [9.17, 15) is 4.79 Å². The van der Waals surface area contributed by atoms with E-state index in [1.807, 2.05) is 4.90 Å². The number of rotatable bonds is 11. The minimum absolute atomic E-state index is 0.115. The summed E-state index contributed by atoms with van der Waals surface area (Å²) >= 11 is 0. The first-order chi connectivity index (χ1) is 9.70. The van der Waals surface area contributed by atoms with Crippen molar-refractivity contribution in [1.29, 1.82) is 0 Å². The Morgan fingerprint density at radius 1 is 1.38 bits per heavy atom. The molecule has 0 aromatic rings. The van der Waals surface area contributed by atoms with Crippen molar-refractivity contribution in [3.63, 3.8) is 0 Å². The second kappa shape index (κ2) is 9.78. The van der Waals surface area contributed by atoms with Gasteiger partial charge in [0, 0.05) is 20.1 Å². The molecule has 0 fully saturated rings. The summed E-state index contributed by atoms with van der Waals surface area (Å²) in [7, 11) is 0. The largest absolute Gasteiger partial charge is 0.379 e. The molecule has 0 aliphatic heterocycles. The number of allylic oxidation sites excluding steroid dienone is 2. The predicted octanol–water partition coefficient (Wildman–Crippen LogP) is 4.20. The van der Waals surface area contributed by atoms with Crippen LogP contribution in [0.4, 0.5) is 0 Å². The molecule has 0 saturated heterocycles. The summed E-state index contributed by atoms with van der Waals surface area (Å²) < 4.78 is 5.76. The van der Waals surface area contributed by atoms with Gasteiger partial charge in [0.2, 0.25) is 5.91 Å². The van der Waals surface area contributed by atoms with Gasteiger partial charge in [0.05, 0.1) is 12.1 Å². The van der Waals surface area contributed by atoms with Gasteiger partial charge in [0.25, 0.3) is 0 Å². The van der Waals surface area contributed by atoms with Gasteiger partial charge in [0.1, 0.15) is 0 Å². The first-order valence-corrected chi connectivity index (χ1v) is 7.87. The lowest BCUT2D eigenvalue weighted by atomic mass is 10.0. The van der Waals surface area contributed by atoms with Crippen LogP contribution in [0.15, 0.2) is 24.8 Å². The molecule has 1 amide bonds. The lowest BCUT2D eigenvalue weighted by molar-refractivity contribution is -0.136. The summed E-state index contributed by atoms with van der Waals surface area (Å²) in [6.07, 6.45) is 4.65. The zero-order valence-electron chi connectivity index (χ0n) is 14.6. The Balaban J connectivity index is 4.25. The fourth-order valence-corrected chi connectivity index (χ4v) is 2.18. The summed E-state index contributed by atoms with van der Waals surface area (Å²) in [6.45, 7) is 19.7. The fourth-order valence-electron chi connectivity index (χ4n) is 2.18. The molecular weight excluding hydrogens is 262 g/mol. The van der Waals surface area contributed by atoms with E-state index in [1.165, 1.54) is 0 Å². The molecular formula is C18H33NO2. The third-order valence-corrected chi connectivity index (χ3v) is 3.57. The molecule has 21 heavy (non-hydrogen) atoms. The van der Waals surface area contributed by atoms with Crippen LogP contribution in [-0.4, -0.2) is 36.1 Å². The summed E-state index contributed by atoms with van der Waals surface area (Å²) in [5, 5.41) is 0. The number of hydrogen-bond acceptors (Lipinski definition) is 2. The van der Waals surface area contributed by atoms with Crippen LogP contribution in [0.3, 0.4) is 0 Å². The lowest BCUT2D eigenvalue weighted by Gasteiger charge is -2.38. The highest BCUT2D eigenvalue weighted by molar-refractivity contribution is 5.74. The predicted molar refractivity (Wildman–Crippen MR) is 90.3 cm³/mol. The van der Waals surface area contributed by atoms with E-state index in [-0.39, 0.29) is 11.4 Å². The Morgan fingerprint density at radius 3 is 2.48 bits per heavy atom. The van der Waals surface area contributed by atoms with Crippen molar-refractivity contribution in [3.8, 4) is 0 Å². The number of carbonyl (C=O) groups is 1. The van der Waals surface area contributed by atoms with Gasteiger partial charge in [-0.25, -0.2) is 0 Å². The van der Waals surface area contributed by atoms with Crippen molar-refractivity contribution >= 4 is 5.91 Å². The molecule has 0 heterocycles. The van der Waals surface area contributed by atoms with E-state index in [2.05, 4.69) is 40.9 Å². The highest BCUT2D eigenvalue weighted by Crippen LogP contribution is 2.18. The second-order valence-corrected chi connectivity index (χ2v) is 6.68. The van der Waals surface area contributed by atoms with Crippen LogP contribution in [-0.2, 0) is 9.53 Å². The quantitative estimate of drug-likeness (QED) is 0.422. The lowest BCUT2D eigenvalue weighted by Crippen LogP contribution is -2.50. The van der Waals surface area contributed by atoms with Crippen LogP contribution >= 0.6 is 0 Å². The van der Waals surface area contributed by atoms with Crippen molar-refractivity contribution in [3.05, 3.63) is 24.8 Å². The van der Waals surface area contributed by atoms with E-state index < -0.39 is 0 Å². The van der Waals surface area contributed by atoms with Crippen LogP contribution in [0, 0.1) is 5.92 Å². The molecule has 3 nitrogen and oxygen atoms in total. The molecule has 0 saturated carbocycles. The van der Waals surface area contributed by atoms with E-state index in [0.29, 0.717) is 19.1 Å². The van der Waals surface area contributed by atoms with Crippen molar-refractivity contribution in [2.75, 3.05) is 19.8 Å². The molecule has 0 atom stereocenters. The molecule has 0 rings (SSSR count). The Labute approximate surface area is 131 Å². The molecule has 0 aromatic carbocycles. The van der Waals surface area contributed by atoms with Gasteiger partial charge in [-0.3, -0.25) is 4.79 Å². The van der Waals surface area contributed by atoms with Gasteiger partial charge in [0.15, 0.2) is 0 Å². The van der Waals surface area contributed by atoms with Crippen molar-refractivity contribution in [2.45, 2.75) is 59.4 Å². The molecule has 0 bridgehead atoms. The van der Waals surface area contributed by atoms with Gasteiger partial charge < -0.3 is 9.64 Å². The molecule has 0 unspecified atom stereocenters. The molecule has 0 aliphatic rings. The second-order valence-electron chi connectivity index (χ2n) is 6.68. The van der Waals surface area contributed by atoms with Crippen molar-refractivity contribution in [1.82, 2.24) is 4.90 Å². The first kappa shape index (κ1) is 19.9. The highest BCUT2D eigenvalue weighted by atomic mass is 16.5. The average Bonchev–Trinajstić information content (AvgIpc) is 2.36. The highest BCUT2D eigenvalue weighted by Gasteiger charge is 2.28. The van der Waals surface area contributed by atoms with Gasteiger partial charge in [-0.05, 0) is 39.0 Å².